The standard InChI is InChI=1S/C17H22N2O5S/c1-4-25(21,22)24-15-9-7-14(8-10-15)12-19(17(20)18(2)3)13-16-6-5-11-23-16/h5-11H,4,12-13H2,1-3H3. The Morgan fingerprint density at radius 3 is 2.32 bits per heavy atom. The molecule has 0 spiro atoms. The summed E-state index contributed by atoms with van der Waals surface area (Å²) in [7, 11) is -0.182. The van der Waals surface area contributed by atoms with Gasteiger partial charge in [0.25, 0.3) is 0 Å². The number of rotatable bonds is 7. The van der Waals surface area contributed by atoms with Gasteiger partial charge in [-0.25, -0.2) is 4.79 Å². The fraction of sp³-hybridized carbons (Fsp3) is 0.353. The van der Waals surface area contributed by atoms with E-state index in [4.69, 9.17) is 8.60 Å². The van der Waals surface area contributed by atoms with Gasteiger partial charge in [-0.1, -0.05) is 12.1 Å². The van der Waals surface area contributed by atoms with E-state index < -0.39 is 10.1 Å². The van der Waals surface area contributed by atoms with Crippen LogP contribution in [-0.2, 0) is 23.2 Å². The van der Waals surface area contributed by atoms with Crippen molar-refractivity contribution in [2.75, 3.05) is 19.8 Å². The van der Waals surface area contributed by atoms with Crippen molar-refractivity contribution in [3.63, 3.8) is 0 Å². The summed E-state index contributed by atoms with van der Waals surface area (Å²) in [4.78, 5) is 15.5. The van der Waals surface area contributed by atoms with E-state index in [1.165, 1.54) is 11.8 Å². The predicted octanol–water partition coefficient (Wildman–Crippen LogP) is 2.69. The third-order valence-electron chi connectivity index (χ3n) is 3.45. The zero-order valence-electron chi connectivity index (χ0n) is 14.5. The van der Waals surface area contributed by atoms with E-state index in [9.17, 15) is 13.2 Å². The first-order valence-electron chi connectivity index (χ1n) is 7.80. The van der Waals surface area contributed by atoms with Gasteiger partial charge in [-0.05, 0) is 36.8 Å². The minimum Gasteiger partial charge on any atom is -0.467 e. The predicted molar refractivity (Wildman–Crippen MR) is 93.6 cm³/mol. The Balaban J connectivity index is 2.11. The molecule has 0 N–H and O–H groups in total. The second-order valence-corrected chi connectivity index (χ2v) is 7.55. The molecule has 0 atom stereocenters. The molecule has 0 aliphatic carbocycles. The molecule has 0 unspecified atom stereocenters. The largest absolute Gasteiger partial charge is 0.467 e. The number of benzene rings is 1. The van der Waals surface area contributed by atoms with Crippen molar-refractivity contribution in [1.82, 2.24) is 9.80 Å². The quantitative estimate of drug-likeness (QED) is 0.704. The van der Waals surface area contributed by atoms with E-state index in [1.54, 1.807) is 55.6 Å². The van der Waals surface area contributed by atoms with E-state index in [0.29, 0.717) is 18.8 Å². The van der Waals surface area contributed by atoms with Crippen molar-refractivity contribution in [3.8, 4) is 5.75 Å². The minimum atomic E-state index is -3.55. The number of amides is 2. The molecule has 136 valence electrons. The molecular weight excluding hydrogens is 344 g/mol. The highest BCUT2D eigenvalue weighted by molar-refractivity contribution is 7.87. The Labute approximate surface area is 147 Å². The number of carbonyl (C=O) groups is 1. The molecular formula is C17H22N2O5S. The number of hydrogen-bond acceptors (Lipinski definition) is 5. The summed E-state index contributed by atoms with van der Waals surface area (Å²) in [5.74, 6) is 0.842. The van der Waals surface area contributed by atoms with Gasteiger partial charge >= 0.3 is 16.1 Å². The van der Waals surface area contributed by atoms with E-state index in [2.05, 4.69) is 0 Å². The number of urea groups is 1. The van der Waals surface area contributed by atoms with Crippen molar-refractivity contribution in [3.05, 3.63) is 54.0 Å². The Kier molecular flexibility index (Phi) is 6.08. The molecule has 0 radical (unpaired) electrons. The molecule has 2 rings (SSSR count). The molecule has 0 bridgehead atoms. The molecule has 0 saturated carbocycles. The van der Waals surface area contributed by atoms with E-state index >= 15 is 0 Å². The normalized spacial score (nSPS) is 11.2. The number of nitrogens with zero attached hydrogens (tertiary/aromatic N) is 2. The van der Waals surface area contributed by atoms with Gasteiger partial charge in [-0.2, -0.15) is 8.42 Å². The van der Waals surface area contributed by atoms with Crippen LogP contribution in [0.1, 0.15) is 18.2 Å². The summed E-state index contributed by atoms with van der Waals surface area (Å²) in [5.41, 5.74) is 0.850. The van der Waals surface area contributed by atoms with Crippen LogP contribution < -0.4 is 4.18 Å². The Morgan fingerprint density at radius 2 is 1.80 bits per heavy atom. The van der Waals surface area contributed by atoms with Gasteiger partial charge in [0.1, 0.15) is 11.5 Å². The van der Waals surface area contributed by atoms with Crippen LogP contribution in [0.15, 0.2) is 47.1 Å². The lowest BCUT2D eigenvalue weighted by atomic mass is 10.2. The summed E-state index contributed by atoms with van der Waals surface area (Å²) in [6, 6.07) is 10.1. The smallest absolute Gasteiger partial charge is 0.320 e. The molecule has 2 amide bonds. The fourth-order valence-corrected chi connectivity index (χ4v) is 2.66. The summed E-state index contributed by atoms with van der Waals surface area (Å²) >= 11 is 0. The van der Waals surface area contributed by atoms with Gasteiger partial charge in [0.2, 0.25) is 0 Å². The first kappa shape index (κ1) is 18.9. The van der Waals surface area contributed by atoms with Gasteiger partial charge in [0, 0.05) is 20.6 Å². The van der Waals surface area contributed by atoms with Crippen molar-refractivity contribution < 1.29 is 21.8 Å². The van der Waals surface area contributed by atoms with Crippen molar-refractivity contribution in [2.45, 2.75) is 20.0 Å². The third kappa shape index (κ3) is 5.53. The van der Waals surface area contributed by atoms with Crippen molar-refractivity contribution in [2.24, 2.45) is 0 Å². The van der Waals surface area contributed by atoms with Gasteiger partial charge < -0.3 is 18.4 Å². The molecule has 25 heavy (non-hydrogen) atoms. The molecule has 2 aromatic rings. The zero-order valence-corrected chi connectivity index (χ0v) is 15.3. The maximum absolute atomic E-state index is 12.4. The van der Waals surface area contributed by atoms with Crippen LogP contribution in [0.3, 0.4) is 0 Å². The van der Waals surface area contributed by atoms with Gasteiger partial charge in [0.15, 0.2) is 0 Å². The molecule has 1 aromatic carbocycles. The van der Waals surface area contributed by atoms with Crippen LogP contribution in [0.25, 0.3) is 0 Å². The fourth-order valence-electron chi connectivity index (χ4n) is 2.14. The maximum atomic E-state index is 12.4. The van der Waals surface area contributed by atoms with Crippen LogP contribution in [0.4, 0.5) is 4.79 Å². The van der Waals surface area contributed by atoms with Gasteiger partial charge in [0.05, 0.1) is 18.6 Å². The average molecular weight is 366 g/mol. The van der Waals surface area contributed by atoms with Crippen LogP contribution in [0.5, 0.6) is 5.75 Å². The monoisotopic (exact) mass is 366 g/mol. The second kappa shape index (κ2) is 8.06. The Bertz CT molecular complexity index is 783. The van der Waals surface area contributed by atoms with Crippen LogP contribution in [0.2, 0.25) is 0 Å². The third-order valence-corrected chi connectivity index (χ3v) is 4.61. The zero-order chi connectivity index (χ0) is 18.4. The summed E-state index contributed by atoms with van der Waals surface area (Å²) in [6.45, 7) is 2.22. The topological polar surface area (TPSA) is 80.1 Å². The van der Waals surface area contributed by atoms with Crippen LogP contribution in [0, 0.1) is 0 Å². The highest BCUT2D eigenvalue weighted by Crippen LogP contribution is 2.17. The lowest BCUT2D eigenvalue weighted by molar-refractivity contribution is 0.161. The van der Waals surface area contributed by atoms with E-state index in [0.717, 1.165) is 5.56 Å². The molecule has 0 aliphatic rings. The molecule has 1 heterocycles. The molecule has 0 fully saturated rings. The van der Waals surface area contributed by atoms with Gasteiger partial charge in [-0.3, -0.25) is 0 Å². The first-order chi connectivity index (χ1) is 11.8. The summed E-state index contributed by atoms with van der Waals surface area (Å²) in [5, 5.41) is 0. The SMILES string of the molecule is CCS(=O)(=O)Oc1ccc(CN(Cc2ccco2)C(=O)N(C)C)cc1. The second-order valence-electron chi connectivity index (χ2n) is 5.69. The minimum absolute atomic E-state index is 0.0942. The number of carbonyl (C=O) groups excluding carboxylic acids is 1. The molecule has 8 heteroatoms. The van der Waals surface area contributed by atoms with E-state index in [-0.39, 0.29) is 17.5 Å². The summed E-state index contributed by atoms with van der Waals surface area (Å²) in [6.07, 6.45) is 1.56. The average Bonchev–Trinajstić information content (AvgIpc) is 3.08. The lowest BCUT2D eigenvalue weighted by Gasteiger charge is -2.25. The Hall–Kier alpha value is -2.48. The highest BCUT2D eigenvalue weighted by atomic mass is 32.2. The van der Waals surface area contributed by atoms with Crippen molar-refractivity contribution >= 4 is 16.1 Å². The maximum Gasteiger partial charge on any atom is 0.320 e. The van der Waals surface area contributed by atoms with Crippen LogP contribution in [-0.4, -0.2) is 44.1 Å². The van der Waals surface area contributed by atoms with E-state index in [1.807, 2.05) is 6.07 Å². The Morgan fingerprint density at radius 1 is 1.12 bits per heavy atom. The molecule has 0 saturated heterocycles. The molecule has 1 aromatic heterocycles. The number of furan rings is 1. The first-order valence-corrected chi connectivity index (χ1v) is 9.38. The molecule has 0 aliphatic heterocycles. The van der Waals surface area contributed by atoms with Crippen LogP contribution >= 0.6 is 0 Å². The summed E-state index contributed by atoms with van der Waals surface area (Å²) < 4.78 is 33.2. The van der Waals surface area contributed by atoms with Crippen molar-refractivity contribution in [1.29, 1.82) is 0 Å². The van der Waals surface area contributed by atoms with Gasteiger partial charge in [-0.15, -0.1) is 0 Å². The lowest BCUT2D eigenvalue weighted by Crippen LogP contribution is -2.38. The molecule has 7 nitrogen and oxygen atoms in total. The number of hydrogen-bond donors (Lipinski definition) is 0. The highest BCUT2D eigenvalue weighted by Gasteiger charge is 2.18.